The predicted molar refractivity (Wildman–Crippen MR) is 123 cm³/mol. The molecule has 33 heavy (non-hydrogen) atoms. The summed E-state index contributed by atoms with van der Waals surface area (Å²) < 4.78 is 51.2. The maximum Gasteiger partial charge on any atom is 0.265 e. The van der Waals surface area contributed by atoms with Gasteiger partial charge in [0.1, 0.15) is 28.4 Å². The smallest absolute Gasteiger partial charge is 0.265 e. The van der Waals surface area contributed by atoms with E-state index in [2.05, 4.69) is 14.7 Å². The number of aliphatic hydroxyl groups is 1. The van der Waals surface area contributed by atoms with Gasteiger partial charge in [-0.25, -0.2) is 22.8 Å². The molecule has 9 nitrogen and oxygen atoms in total. The molecule has 2 aromatic carbocycles. The van der Waals surface area contributed by atoms with Crippen molar-refractivity contribution in [1.29, 1.82) is 0 Å². The second-order valence-electron chi connectivity index (χ2n) is 7.50. The summed E-state index contributed by atoms with van der Waals surface area (Å²) in [6.45, 7) is 1.27. The Hall–Kier alpha value is -3.70. The summed E-state index contributed by atoms with van der Waals surface area (Å²) in [5.74, 6) is -0.612. The van der Waals surface area contributed by atoms with Crippen LogP contribution in [0.25, 0.3) is 22.2 Å². The highest BCUT2D eigenvalue weighted by atomic mass is 32.2. The van der Waals surface area contributed by atoms with Crippen molar-refractivity contribution < 1.29 is 22.7 Å². The van der Waals surface area contributed by atoms with Gasteiger partial charge in [-0.2, -0.15) is 0 Å². The molecular weight excluding hydrogens is 449 g/mol. The number of nitrogens with two attached hydrogens (primary N) is 1. The Morgan fingerprint density at radius 2 is 2.00 bits per heavy atom. The summed E-state index contributed by atoms with van der Waals surface area (Å²) in [5.41, 5.74) is 7.74. The standard InChI is InChI=1S/C22H22FN5O4S/c1-12-7-13(10-29)20(32-3)17(8-12)33(30,31)27-16-6-4-5-14(19(16)23)15-9-28(2)22-18(15)21(24)25-11-26-22/h4-9,11,27,29H,10H2,1-3H3,(H2,24,25,26). The van der Waals surface area contributed by atoms with Gasteiger partial charge in [-0.15, -0.1) is 0 Å². The molecule has 0 unspecified atom stereocenters. The Labute approximate surface area is 189 Å². The molecule has 0 atom stereocenters. The summed E-state index contributed by atoms with van der Waals surface area (Å²) in [4.78, 5) is 7.97. The molecule has 0 saturated heterocycles. The van der Waals surface area contributed by atoms with Crippen molar-refractivity contribution in [1.82, 2.24) is 14.5 Å². The monoisotopic (exact) mass is 471 g/mol. The molecule has 172 valence electrons. The van der Waals surface area contributed by atoms with E-state index >= 15 is 4.39 Å². The minimum absolute atomic E-state index is 0.00821. The number of rotatable bonds is 6. The first-order chi connectivity index (χ1) is 15.7. The number of nitrogen functional groups attached to an aromatic ring is 1. The molecule has 0 bridgehead atoms. The van der Waals surface area contributed by atoms with Crippen LogP contribution < -0.4 is 15.2 Å². The third-order valence-corrected chi connectivity index (χ3v) is 6.63. The molecule has 0 aliphatic carbocycles. The maximum atomic E-state index is 15.6. The number of aliphatic hydroxyl groups excluding tert-OH is 1. The number of nitrogens with one attached hydrogen (secondary N) is 1. The molecule has 0 amide bonds. The van der Waals surface area contributed by atoms with Gasteiger partial charge in [-0.05, 0) is 30.7 Å². The second-order valence-corrected chi connectivity index (χ2v) is 9.15. The van der Waals surface area contributed by atoms with Gasteiger partial charge in [0.2, 0.25) is 0 Å². The molecule has 2 heterocycles. The van der Waals surface area contributed by atoms with Crippen molar-refractivity contribution in [3.63, 3.8) is 0 Å². The van der Waals surface area contributed by atoms with Crippen molar-refractivity contribution in [2.24, 2.45) is 7.05 Å². The van der Waals surface area contributed by atoms with Gasteiger partial charge in [-0.3, -0.25) is 4.72 Å². The number of hydrogen-bond acceptors (Lipinski definition) is 7. The number of methoxy groups -OCH3 is 1. The number of nitrogens with zero attached hydrogens (tertiary/aromatic N) is 3. The van der Waals surface area contributed by atoms with Gasteiger partial charge < -0.3 is 20.1 Å². The zero-order valence-corrected chi connectivity index (χ0v) is 18.9. The van der Waals surface area contributed by atoms with Crippen LogP contribution in [0.1, 0.15) is 11.1 Å². The van der Waals surface area contributed by atoms with Crippen molar-refractivity contribution >= 4 is 32.6 Å². The number of benzene rings is 2. The minimum Gasteiger partial charge on any atom is -0.495 e. The van der Waals surface area contributed by atoms with E-state index in [1.807, 2.05) is 0 Å². The van der Waals surface area contributed by atoms with E-state index in [4.69, 9.17) is 10.5 Å². The molecule has 2 aromatic heterocycles. The fraction of sp³-hybridized carbons (Fsp3) is 0.182. The van der Waals surface area contributed by atoms with Crippen LogP contribution in [0, 0.1) is 12.7 Å². The highest BCUT2D eigenvalue weighted by Gasteiger charge is 2.25. The Kier molecular flexibility index (Phi) is 5.68. The van der Waals surface area contributed by atoms with Crippen molar-refractivity contribution in [3.05, 3.63) is 59.8 Å². The molecule has 4 aromatic rings. The van der Waals surface area contributed by atoms with Crippen molar-refractivity contribution in [2.75, 3.05) is 17.6 Å². The Bertz CT molecular complexity index is 1480. The molecule has 4 N–H and O–H groups in total. The fourth-order valence-electron chi connectivity index (χ4n) is 3.82. The summed E-state index contributed by atoms with van der Waals surface area (Å²) >= 11 is 0. The molecule has 0 saturated carbocycles. The lowest BCUT2D eigenvalue weighted by atomic mass is 10.0. The Morgan fingerprint density at radius 1 is 1.24 bits per heavy atom. The molecule has 11 heteroatoms. The zero-order valence-electron chi connectivity index (χ0n) is 18.1. The van der Waals surface area contributed by atoms with Gasteiger partial charge in [-0.1, -0.05) is 12.1 Å². The van der Waals surface area contributed by atoms with Gasteiger partial charge in [0.05, 0.1) is 24.8 Å². The van der Waals surface area contributed by atoms with Crippen LogP contribution in [-0.4, -0.2) is 35.2 Å². The zero-order chi connectivity index (χ0) is 23.9. The van der Waals surface area contributed by atoms with Gasteiger partial charge in [0.25, 0.3) is 10.0 Å². The number of anilines is 2. The molecule has 0 spiro atoms. The number of sulfonamides is 1. The van der Waals surface area contributed by atoms with E-state index in [0.29, 0.717) is 27.7 Å². The Morgan fingerprint density at radius 3 is 2.70 bits per heavy atom. The summed E-state index contributed by atoms with van der Waals surface area (Å²) in [5, 5.41) is 10.1. The van der Waals surface area contributed by atoms with E-state index in [1.54, 1.807) is 30.8 Å². The SMILES string of the molecule is COc1c(CO)cc(C)cc1S(=O)(=O)Nc1cccc(-c2cn(C)c3ncnc(N)c23)c1F. The molecule has 0 aliphatic heterocycles. The highest BCUT2D eigenvalue weighted by Crippen LogP contribution is 2.37. The number of hydrogen-bond donors (Lipinski definition) is 3. The third kappa shape index (κ3) is 3.85. The van der Waals surface area contributed by atoms with E-state index < -0.39 is 22.4 Å². The predicted octanol–water partition coefficient (Wildman–Crippen LogP) is 2.97. The van der Waals surface area contributed by atoms with E-state index in [9.17, 15) is 13.5 Å². The molecule has 0 fully saturated rings. The maximum absolute atomic E-state index is 15.6. The first-order valence-corrected chi connectivity index (χ1v) is 11.3. The van der Waals surface area contributed by atoms with Crippen LogP contribution in [-0.2, 0) is 23.7 Å². The Balaban J connectivity index is 1.83. The van der Waals surface area contributed by atoms with Gasteiger partial charge in [0, 0.05) is 29.9 Å². The van der Waals surface area contributed by atoms with Crippen LogP contribution in [0.3, 0.4) is 0 Å². The topological polar surface area (TPSA) is 132 Å². The van der Waals surface area contributed by atoms with Crippen LogP contribution in [0.15, 0.2) is 47.8 Å². The van der Waals surface area contributed by atoms with E-state index in [-0.39, 0.29) is 27.7 Å². The number of ether oxygens (including phenoxy) is 1. The molecular formula is C22H22FN5O4S. The largest absolute Gasteiger partial charge is 0.495 e. The number of halogens is 1. The summed E-state index contributed by atoms with van der Waals surface area (Å²) in [6.07, 6.45) is 2.97. The van der Waals surface area contributed by atoms with E-state index in [1.165, 1.54) is 37.7 Å². The molecule has 0 aliphatic rings. The second kappa shape index (κ2) is 8.34. The summed E-state index contributed by atoms with van der Waals surface area (Å²) in [6, 6.07) is 7.38. The van der Waals surface area contributed by atoms with Crippen LogP contribution >= 0.6 is 0 Å². The molecule has 0 radical (unpaired) electrons. The van der Waals surface area contributed by atoms with Gasteiger partial charge in [0.15, 0.2) is 5.82 Å². The quantitative estimate of drug-likeness (QED) is 0.394. The van der Waals surface area contributed by atoms with Crippen molar-refractivity contribution in [3.8, 4) is 16.9 Å². The lowest BCUT2D eigenvalue weighted by Gasteiger charge is -2.16. The first-order valence-electron chi connectivity index (χ1n) is 9.83. The number of fused-ring (bicyclic) bond motifs is 1. The number of aryl methyl sites for hydroxylation is 2. The minimum atomic E-state index is -4.26. The van der Waals surface area contributed by atoms with Gasteiger partial charge >= 0.3 is 0 Å². The summed E-state index contributed by atoms with van der Waals surface area (Å²) in [7, 11) is -1.21. The average molecular weight is 472 g/mol. The normalized spacial score (nSPS) is 11.7. The highest BCUT2D eigenvalue weighted by molar-refractivity contribution is 7.92. The van der Waals surface area contributed by atoms with Crippen LogP contribution in [0.5, 0.6) is 5.75 Å². The molecule has 4 rings (SSSR count). The first kappa shape index (κ1) is 22.5. The average Bonchev–Trinajstić information content (AvgIpc) is 3.12. The lowest BCUT2D eigenvalue weighted by Crippen LogP contribution is -2.16. The van der Waals surface area contributed by atoms with Crippen LogP contribution in [0.2, 0.25) is 0 Å². The number of aromatic nitrogens is 3. The third-order valence-electron chi connectivity index (χ3n) is 5.26. The van der Waals surface area contributed by atoms with Crippen molar-refractivity contribution in [2.45, 2.75) is 18.4 Å². The lowest BCUT2D eigenvalue weighted by molar-refractivity contribution is 0.272. The van der Waals surface area contributed by atoms with E-state index in [0.717, 1.165) is 0 Å². The fourth-order valence-corrected chi connectivity index (χ4v) is 5.18. The van der Waals surface area contributed by atoms with Crippen LogP contribution in [0.4, 0.5) is 15.9 Å².